The second-order valence-corrected chi connectivity index (χ2v) is 6.21. The molecular weight excluding hydrogens is 308 g/mol. The van der Waals surface area contributed by atoms with E-state index < -0.39 is 15.9 Å². The Morgan fingerprint density at radius 3 is 2.64 bits per heavy atom. The van der Waals surface area contributed by atoms with Crippen LogP contribution in [0.2, 0.25) is 0 Å². The molecule has 2 heterocycles. The summed E-state index contributed by atoms with van der Waals surface area (Å²) >= 11 is 0. The number of aromatic amines is 1. The highest BCUT2D eigenvalue weighted by atomic mass is 32.2. The molecule has 3 N–H and O–H groups in total. The number of amides is 1. The van der Waals surface area contributed by atoms with Gasteiger partial charge in [0.05, 0.1) is 17.6 Å². The first-order valence-corrected chi connectivity index (χ1v) is 7.95. The lowest BCUT2D eigenvalue weighted by molar-refractivity contribution is 0.0949. The fourth-order valence-corrected chi connectivity index (χ4v) is 3.28. The quantitative estimate of drug-likeness (QED) is 0.616. The van der Waals surface area contributed by atoms with Crippen LogP contribution in [0.5, 0.6) is 0 Å². The highest BCUT2D eigenvalue weighted by Gasteiger charge is 2.21. The van der Waals surface area contributed by atoms with E-state index in [1.807, 2.05) is 0 Å². The molecule has 0 bridgehead atoms. The lowest BCUT2D eigenvalue weighted by Crippen LogP contribution is -2.35. The Morgan fingerprint density at radius 2 is 2.05 bits per heavy atom. The molecule has 0 aliphatic carbocycles. The van der Waals surface area contributed by atoms with E-state index in [1.165, 1.54) is 18.6 Å². The van der Waals surface area contributed by atoms with Gasteiger partial charge in [-0.25, -0.2) is 18.1 Å². The predicted octanol–water partition coefficient (Wildman–Crippen LogP) is -0.475. The summed E-state index contributed by atoms with van der Waals surface area (Å²) in [5.74, 6) is -0.414. The number of sulfonamides is 1. The third-order valence-electron chi connectivity index (χ3n) is 2.83. The molecule has 10 heteroatoms. The van der Waals surface area contributed by atoms with Gasteiger partial charge in [0.2, 0.25) is 10.0 Å². The smallest absolute Gasteiger partial charge is 0.271 e. The Kier molecular flexibility index (Phi) is 4.83. The molecule has 2 aromatic rings. The van der Waals surface area contributed by atoms with E-state index in [0.717, 1.165) is 0 Å². The van der Waals surface area contributed by atoms with E-state index in [0.29, 0.717) is 11.4 Å². The minimum Gasteiger partial charge on any atom is -0.349 e. The lowest BCUT2D eigenvalue weighted by atomic mass is 10.4. The lowest BCUT2D eigenvalue weighted by Gasteiger charge is -2.08. The average Bonchev–Trinajstić information content (AvgIpc) is 2.84. The van der Waals surface area contributed by atoms with Crippen molar-refractivity contribution < 1.29 is 13.2 Å². The fourth-order valence-electron chi connectivity index (χ4n) is 1.88. The maximum Gasteiger partial charge on any atom is 0.271 e. The van der Waals surface area contributed by atoms with Gasteiger partial charge in [-0.3, -0.25) is 14.9 Å². The largest absolute Gasteiger partial charge is 0.349 e. The van der Waals surface area contributed by atoms with Gasteiger partial charge in [0.1, 0.15) is 10.6 Å². The van der Waals surface area contributed by atoms with Gasteiger partial charge in [-0.2, -0.15) is 5.10 Å². The van der Waals surface area contributed by atoms with Crippen LogP contribution in [-0.4, -0.2) is 47.6 Å². The SMILES string of the molecule is Cc1n[nH]c(C)c1S(=O)(=O)NCCNC(=O)c1cnccn1. The van der Waals surface area contributed by atoms with Gasteiger partial charge in [0.15, 0.2) is 0 Å². The Morgan fingerprint density at radius 1 is 1.27 bits per heavy atom. The molecule has 0 aliphatic heterocycles. The topological polar surface area (TPSA) is 130 Å². The van der Waals surface area contributed by atoms with Crippen LogP contribution >= 0.6 is 0 Å². The standard InChI is InChI=1S/C12H16N6O3S/c1-8-11(9(2)18-17-8)22(20,21)16-6-5-15-12(19)10-7-13-3-4-14-10/h3-4,7,16H,5-6H2,1-2H3,(H,15,19)(H,17,18). The van der Waals surface area contributed by atoms with E-state index >= 15 is 0 Å². The van der Waals surface area contributed by atoms with E-state index in [-0.39, 0.29) is 23.7 Å². The molecule has 2 aromatic heterocycles. The molecule has 0 radical (unpaired) electrons. The summed E-state index contributed by atoms with van der Waals surface area (Å²) in [5.41, 5.74) is 1.04. The molecule has 2 rings (SSSR count). The van der Waals surface area contributed by atoms with E-state index in [1.54, 1.807) is 13.8 Å². The number of hydrogen-bond acceptors (Lipinski definition) is 6. The average molecular weight is 324 g/mol. The first-order valence-electron chi connectivity index (χ1n) is 6.47. The van der Waals surface area contributed by atoms with Crippen LogP contribution in [0.15, 0.2) is 23.5 Å². The normalized spacial score (nSPS) is 11.4. The summed E-state index contributed by atoms with van der Waals surface area (Å²) in [6, 6.07) is 0. The van der Waals surface area contributed by atoms with Crippen molar-refractivity contribution in [2.24, 2.45) is 0 Å². The Labute approximate surface area is 127 Å². The van der Waals surface area contributed by atoms with Crippen molar-refractivity contribution in [1.29, 1.82) is 0 Å². The molecular formula is C12H16N6O3S. The summed E-state index contributed by atoms with van der Waals surface area (Å²) in [7, 11) is -3.66. The minimum atomic E-state index is -3.66. The summed E-state index contributed by atoms with van der Waals surface area (Å²) in [6.45, 7) is 3.42. The van der Waals surface area contributed by atoms with Gasteiger partial charge < -0.3 is 5.32 Å². The third-order valence-corrected chi connectivity index (χ3v) is 4.55. The van der Waals surface area contributed by atoms with Crippen LogP contribution in [0.25, 0.3) is 0 Å². The molecule has 118 valence electrons. The summed E-state index contributed by atoms with van der Waals surface area (Å²) in [6.07, 6.45) is 4.19. The van der Waals surface area contributed by atoms with Gasteiger partial charge >= 0.3 is 0 Å². The van der Waals surface area contributed by atoms with Gasteiger partial charge in [0.25, 0.3) is 5.91 Å². The van der Waals surface area contributed by atoms with Gasteiger partial charge in [-0.1, -0.05) is 0 Å². The van der Waals surface area contributed by atoms with Crippen LogP contribution in [0.1, 0.15) is 21.9 Å². The Hall–Kier alpha value is -2.33. The van der Waals surface area contributed by atoms with Gasteiger partial charge in [0, 0.05) is 25.5 Å². The van der Waals surface area contributed by atoms with Crippen LogP contribution in [-0.2, 0) is 10.0 Å². The highest BCUT2D eigenvalue weighted by molar-refractivity contribution is 7.89. The Bertz CT molecular complexity index is 737. The van der Waals surface area contributed by atoms with Crippen molar-refractivity contribution in [3.63, 3.8) is 0 Å². The fraction of sp³-hybridized carbons (Fsp3) is 0.333. The summed E-state index contributed by atoms with van der Waals surface area (Å²) < 4.78 is 26.7. The molecule has 0 spiro atoms. The number of carbonyl (C=O) groups is 1. The molecule has 9 nitrogen and oxygen atoms in total. The second kappa shape index (κ2) is 6.62. The minimum absolute atomic E-state index is 0.0540. The molecule has 0 fully saturated rings. The van der Waals surface area contributed by atoms with Crippen molar-refractivity contribution >= 4 is 15.9 Å². The number of hydrogen-bond donors (Lipinski definition) is 3. The predicted molar refractivity (Wildman–Crippen MR) is 77.6 cm³/mol. The van der Waals surface area contributed by atoms with E-state index in [9.17, 15) is 13.2 Å². The van der Waals surface area contributed by atoms with E-state index in [2.05, 4.69) is 30.2 Å². The number of aryl methyl sites for hydroxylation is 2. The number of carbonyl (C=O) groups excluding carboxylic acids is 1. The molecule has 0 saturated heterocycles. The molecule has 22 heavy (non-hydrogen) atoms. The van der Waals surface area contributed by atoms with Crippen LogP contribution in [0, 0.1) is 13.8 Å². The molecule has 0 saturated carbocycles. The maximum atomic E-state index is 12.1. The van der Waals surface area contributed by atoms with Gasteiger partial charge in [-0.05, 0) is 13.8 Å². The van der Waals surface area contributed by atoms with Crippen LogP contribution in [0.4, 0.5) is 0 Å². The summed E-state index contributed by atoms with van der Waals surface area (Å²) in [5, 5.41) is 9.02. The van der Waals surface area contributed by atoms with Crippen molar-refractivity contribution in [2.45, 2.75) is 18.7 Å². The number of nitrogens with one attached hydrogen (secondary N) is 3. The molecule has 0 unspecified atom stereocenters. The number of H-pyrrole nitrogens is 1. The summed E-state index contributed by atoms with van der Waals surface area (Å²) in [4.78, 5) is 19.5. The van der Waals surface area contributed by atoms with Crippen LogP contribution < -0.4 is 10.0 Å². The highest BCUT2D eigenvalue weighted by Crippen LogP contribution is 2.15. The van der Waals surface area contributed by atoms with Crippen molar-refractivity contribution in [3.05, 3.63) is 35.7 Å². The molecule has 1 amide bonds. The third kappa shape index (κ3) is 3.65. The van der Waals surface area contributed by atoms with E-state index in [4.69, 9.17) is 0 Å². The zero-order chi connectivity index (χ0) is 16.2. The zero-order valence-corrected chi connectivity index (χ0v) is 12.9. The molecule has 0 atom stereocenters. The van der Waals surface area contributed by atoms with Gasteiger partial charge in [-0.15, -0.1) is 0 Å². The first-order chi connectivity index (χ1) is 10.4. The van der Waals surface area contributed by atoms with Crippen molar-refractivity contribution in [1.82, 2.24) is 30.2 Å². The van der Waals surface area contributed by atoms with Crippen molar-refractivity contribution in [3.8, 4) is 0 Å². The second-order valence-electron chi connectivity index (χ2n) is 4.51. The zero-order valence-electron chi connectivity index (χ0n) is 12.1. The monoisotopic (exact) mass is 324 g/mol. The number of nitrogens with zero attached hydrogens (tertiary/aromatic N) is 3. The number of aromatic nitrogens is 4. The number of rotatable bonds is 6. The van der Waals surface area contributed by atoms with Crippen LogP contribution in [0.3, 0.4) is 0 Å². The Balaban J connectivity index is 1.88. The first kappa shape index (κ1) is 16.0. The molecule has 0 aliphatic rings. The van der Waals surface area contributed by atoms with Crippen molar-refractivity contribution in [2.75, 3.05) is 13.1 Å². The maximum absolute atomic E-state index is 12.1. The molecule has 0 aromatic carbocycles.